The van der Waals surface area contributed by atoms with Gasteiger partial charge in [-0.05, 0) is 48.0 Å². The second kappa shape index (κ2) is 7.48. The summed E-state index contributed by atoms with van der Waals surface area (Å²) in [5, 5.41) is 6.36. The highest BCUT2D eigenvalue weighted by Crippen LogP contribution is 2.39. The first-order chi connectivity index (χ1) is 13.7. The van der Waals surface area contributed by atoms with E-state index in [1.807, 2.05) is 72.8 Å². The van der Waals surface area contributed by atoms with Crippen molar-refractivity contribution in [3.63, 3.8) is 0 Å². The molecule has 5 nitrogen and oxygen atoms in total. The van der Waals surface area contributed by atoms with Crippen molar-refractivity contribution in [2.45, 2.75) is 0 Å². The molecular weight excluding hydrogens is 352 g/mol. The van der Waals surface area contributed by atoms with Crippen molar-refractivity contribution < 1.29 is 14.3 Å². The van der Waals surface area contributed by atoms with Crippen LogP contribution in [0.15, 0.2) is 72.8 Å². The number of methoxy groups -OCH3 is 2. The van der Waals surface area contributed by atoms with Crippen molar-refractivity contribution in [3.8, 4) is 11.5 Å². The zero-order chi connectivity index (χ0) is 19.5. The molecule has 0 aliphatic carbocycles. The Morgan fingerprint density at radius 1 is 0.857 bits per heavy atom. The van der Waals surface area contributed by atoms with Crippen molar-refractivity contribution in [1.29, 1.82) is 0 Å². The van der Waals surface area contributed by atoms with Gasteiger partial charge in [-0.2, -0.15) is 0 Å². The molecule has 1 heterocycles. The average molecular weight is 372 g/mol. The van der Waals surface area contributed by atoms with Gasteiger partial charge in [0.25, 0.3) is 5.91 Å². The molecule has 1 aliphatic rings. The first kappa shape index (κ1) is 17.7. The number of carbonyl (C=O) groups excluding carboxylic acids is 1. The zero-order valence-corrected chi connectivity index (χ0v) is 15.7. The van der Waals surface area contributed by atoms with E-state index in [4.69, 9.17) is 9.47 Å². The molecule has 2 N–H and O–H groups in total. The number of hydrogen-bond donors (Lipinski definition) is 2. The van der Waals surface area contributed by atoms with Crippen LogP contribution in [-0.2, 0) is 4.79 Å². The number of nitrogens with one attached hydrogen (secondary N) is 2. The molecule has 0 saturated carbocycles. The summed E-state index contributed by atoms with van der Waals surface area (Å²) in [7, 11) is 3.25. The molecule has 140 valence electrons. The number of hydrogen-bond acceptors (Lipinski definition) is 4. The summed E-state index contributed by atoms with van der Waals surface area (Å²) in [6, 6.07) is 23.0. The first-order valence-corrected chi connectivity index (χ1v) is 8.90. The Hall–Kier alpha value is -3.73. The third-order valence-corrected chi connectivity index (χ3v) is 4.64. The molecule has 0 atom stereocenters. The van der Waals surface area contributed by atoms with E-state index >= 15 is 0 Å². The second-order valence-corrected chi connectivity index (χ2v) is 6.34. The fraction of sp³-hybridized carbons (Fsp3) is 0.0870. The summed E-state index contributed by atoms with van der Waals surface area (Å²) in [4.78, 5) is 12.9. The second-order valence-electron chi connectivity index (χ2n) is 6.34. The van der Waals surface area contributed by atoms with Crippen LogP contribution in [-0.4, -0.2) is 20.1 Å². The molecule has 0 fully saturated rings. The summed E-state index contributed by atoms with van der Waals surface area (Å²) in [5.74, 6) is 1.32. The van der Waals surface area contributed by atoms with E-state index < -0.39 is 0 Å². The van der Waals surface area contributed by atoms with E-state index in [1.54, 1.807) is 14.2 Å². The number of ether oxygens (including phenoxy) is 2. The predicted octanol–water partition coefficient (Wildman–Crippen LogP) is 4.64. The average Bonchev–Trinajstić information content (AvgIpc) is 3.07. The van der Waals surface area contributed by atoms with Gasteiger partial charge in [0.1, 0.15) is 11.5 Å². The van der Waals surface area contributed by atoms with E-state index in [0.29, 0.717) is 11.3 Å². The van der Waals surface area contributed by atoms with Crippen molar-refractivity contribution in [2.24, 2.45) is 0 Å². The van der Waals surface area contributed by atoms with Crippen molar-refractivity contribution in [2.75, 3.05) is 24.9 Å². The molecule has 1 amide bonds. The Kier molecular flexibility index (Phi) is 4.72. The zero-order valence-electron chi connectivity index (χ0n) is 15.7. The Balaban J connectivity index is 1.87. The van der Waals surface area contributed by atoms with Crippen molar-refractivity contribution in [3.05, 3.63) is 83.9 Å². The quantitative estimate of drug-likeness (QED) is 0.641. The summed E-state index contributed by atoms with van der Waals surface area (Å²) in [6.45, 7) is 0. The molecule has 0 aromatic heterocycles. The van der Waals surface area contributed by atoms with Gasteiger partial charge in [0.2, 0.25) is 0 Å². The van der Waals surface area contributed by atoms with Crippen LogP contribution >= 0.6 is 0 Å². The minimum absolute atomic E-state index is 0.150. The number of amides is 1. The van der Waals surface area contributed by atoms with Gasteiger partial charge in [-0.3, -0.25) is 4.79 Å². The van der Waals surface area contributed by atoms with Crippen molar-refractivity contribution >= 4 is 28.6 Å². The third-order valence-electron chi connectivity index (χ3n) is 4.64. The van der Waals surface area contributed by atoms with Crippen LogP contribution < -0.4 is 20.1 Å². The minimum Gasteiger partial charge on any atom is -0.497 e. The molecular formula is C23H20N2O3. The van der Waals surface area contributed by atoms with E-state index in [2.05, 4.69) is 10.6 Å². The van der Waals surface area contributed by atoms with Crippen LogP contribution in [0.25, 0.3) is 11.3 Å². The highest BCUT2D eigenvalue weighted by Gasteiger charge is 2.29. The maximum atomic E-state index is 12.9. The fourth-order valence-corrected chi connectivity index (χ4v) is 3.22. The monoisotopic (exact) mass is 372 g/mol. The van der Waals surface area contributed by atoms with E-state index in [1.165, 1.54) is 0 Å². The minimum atomic E-state index is -0.150. The Labute approximate surface area is 163 Å². The molecule has 28 heavy (non-hydrogen) atoms. The lowest BCUT2D eigenvalue weighted by Gasteiger charge is -2.15. The van der Waals surface area contributed by atoms with Gasteiger partial charge in [0.15, 0.2) is 0 Å². The maximum Gasteiger partial charge on any atom is 0.258 e. The Morgan fingerprint density at radius 3 is 2.21 bits per heavy atom. The van der Waals surface area contributed by atoms with Gasteiger partial charge in [-0.15, -0.1) is 0 Å². The highest BCUT2D eigenvalue weighted by atomic mass is 16.5. The van der Waals surface area contributed by atoms with Gasteiger partial charge < -0.3 is 20.1 Å². The molecule has 0 saturated heterocycles. The first-order valence-electron chi connectivity index (χ1n) is 8.90. The molecule has 4 rings (SSSR count). The number of carbonyl (C=O) groups is 1. The number of benzene rings is 3. The van der Waals surface area contributed by atoms with E-state index in [-0.39, 0.29) is 5.91 Å². The highest BCUT2D eigenvalue weighted by molar-refractivity contribution is 6.37. The molecule has 0 spiro atoms. The van der Waals surface area contributed by atoms with Crippen LogP contribution in [0, 0.1) is 0 Å². The molecule has 3 aromatic carbocycles. The van der Waals surface area contributed by atoms with Gasteiger partial charge in [0.05, 0.1) is 25.5 Å². The standard InChI is InChI=1S/C23H20N2O3/c1-27-17-10-8-16(9-11-17)24-22(15-6-4-3-5-7-15)21-19-14-18(28-2)12-13-20(19)25-23(21)26/h3-14,24H,1-2H3,(H,25,26)/b22-21-. The molecule has 3 aromatic rings. The van der Waals surface area contributed by atoms with Crippen LogP contribution in [0.2, 0.25) is 0 Å². The maximum absolute atomic E-state index is 12.9. The van der Waals surface area contributed by atoms with Crippen LogP contribution in [0.3, 0.4) is 0 Å². The summed E-state index contributed by atoms with van der Waals surface area (Å²) < 4.78 is 10.6. The molecule has 5 heteroatoms. The Bertz CT molecular complexity index is 1040. The van der Waals surface area contributed by atoms with Crippen LogP contribution in [0.4, 0.5) is 11.4 Å². The number of rotatable bonds is 5. The summed E-state index contributed by atoms with van der Waals surface area (Å²) >= 11 is 0. The van der Waals surface area contributed by atoms with Gasteiger partial charge in [0, 0.05) is 16.9 Å². The SMILES string of the molecule is COc1ccc(N/C(=C2\C(=O)Nc3ccc(OC)cc32)c2ccccc2)cc1. The van der Waals surface area contributed by atoms with E-state index in [9.17, 15) is 4.79 Å². The van der Waals surface area contributed by atoms with Crippen molar-refractivity contribution in [1.82, 2.24) is 0 Å². The van der Waals surface area contributed by atoms with Gasteiger partial charge in [-0.1, -0.05) is 30.3 Å². The fourth-order valence-electron chi connectivity index (χ4n) is 3.22. The third kappa shape index (κ3) is 3.30. The molecule has 1 aliphatic heterocycles. The van der Waals surface area contributed by atoms with Gasteiger partial charge in [-0.25, -0.2) is 0 Å². The lowest BCUT2D eigenvalue weighted by Crippen LogP contribution is -2.10. The lowest BCUT2D eigenvalue weighted by atomic mass is 10.00. The molecule has 0 radical (unpaired) electrons. The van der Waals surface area contributed by atoms with E-state index in [0.717, 1.165) is 33.9 Å². The number of fused-ring (bicyclic) bond motifs is 1. The van der Waals surface area contributed by atoms with Crippen LogP contribution in [0.5, 0.6) is 11.5 Å². The Morgan fingerprint density at radius 2 is 1.54 bits per heavy atom. The van der Waals surface area contributed by atoms with Crippen LogP contribution in [0.1, 0.15) is 11.1 Å². The summed E-state index contributed by atoms with van der Waals surface area (Å²) in [6.07, 6.45) is 0. The number of anilines is 2. The smallest absolute Gasteiger partial charge is 0.258 e. The topological polar surface area (TPSA) is 59.6 Å². The largest absolute Gasteiger partial charge is 0.497 e. The normalized spacial score (nSPS) is 14.1. The predicted molar refractivity (Wildman–Crippen MR) is 111 cm³/mol. The molecule has 0 unspecified atom stereocenters. The lowest BCUT2D eigenvalue weighted by molar-refractivity contribution is -0.110. The van der Waals surface area contributed by atoms with Gasteiger partial charge >= 0.3 is 0 Å². The molecule has 0 bridgehead atoms. The summed E-state index contributed by atoms with van der Waals surface area (Å²) in [5.41, 5.74) is 4.66.